The number of carbonyl (C=O) groups is 1. The van der Waals surface area contributed by atoms with Crippen LogP contribution in [0.5, 0.6) is 0 Å². The Morgan fingerprint density at radius 3 is 2.94 bits per heavy atom. The van der Waals surface area contributed by atoms with Crippen molar-refractivity contribution in [1.82, 2.24) is 4.98 Å². The Morgan fingerprint density at radius 2 is 2.18 bits per heavy atom. The molecule has 2 heterocycles. The summed E-state index contributed by atoms with van der Waals surface area (Å²) >= 11 is 0. The van der Waals surface area contributed by atoms with Gasteiger partial charge in [0.25, 0.3) is 0 Å². The molecule has 1 saturated heterocycles. The van der Waals surface area contributed by atoms with E-state index in [0.29, 0.717) is 6.42 Å². The first-order valence-electron chi connectivity index (χ1n) is 5.30. The third-order valence-electron chi connectivity index (χ3n) is 2.98. The van der Waals surface area contributed by atoms with E-state index in [1.54, 1.807) is 5.94 Å². The van der Waals surface area contributed by atoms with Gasteiger partial charge in [-0.3, -0.25) is 0 Å². The zero-order valence-electron chi connectivity index (χ0n) is 8.90. The number of cyclic esters (lactones) is 1. The van der Waals surface area contributed by atoms with E-state index in [9.17, 15) is 9.59 Å². The van der Waals surface area contributed by atoms with Crippen molar-refractivity contribution in [1.29, 1.82) is 0 Å². The summed E-state index contributed by atoms with van der Waals surface area (Å²) in [6.07, 6.45) is 1.73. The Hall–Kier alpha value is -2.32. The summed E-state index contributed by atoms with van der Waals surface area (Å²) in [5.74, 6) is 1.08. The van der Waals surface area contributed by atoms with Crippen LogP contribution in [0, 0.1) is 0 Å². The van der Waals surface area contributed by atoms with Gasteiger partial charge in [0, 0.05) is 29.1 Å². The van der Waals surface area contributed by atoms with Crippen LogP contribution in [0.1, 0.15) is 18.1 Å². The number of esters is 1. The lowest BCUT2D eigenvalue weighted by Crippen LogP contribution is -1.98. The molecule has 1 aliphatic heterocycles. The molecule has 17 heavy (non-hydrogen) atoms. The molecule has 0 radical (unpaired) electrons. The molecule has 1 aromatic carbocycles. The Labute approximate surface area is 96.9 Å². The Balaban J connectivity index is 2.06. The molecule has 1 atom stereocenters. The van der Waals surface area contributed by atoms with Gasteiger partial charge >= 0.3 is 5.97 Å². The van der Waals surface area contributed by atoms with Gasteiger partial charge in [-0.05, 0) is 6.07 Å². The van der Waals surface area contributed by atoms with Crippen LogP contribution in [0.25, 0.3) is 10.9 Å². The van der Waals surface area contributed by atoms with E-state index in [2.05, 4.69) is 4.98 Å². The topological polar surface area (TPSA) is 59.2 Å². The number of aromatic nitrogens is 1. The van der Waals surface area contributed by atoms with E-state index >= 15 is 0 Å². The molecule has 0 amide bonds. The SMILES string of the molecule is O=C=C1CC(c2c[nH]c3ccccc23)OC1=O. The molecule has 1 fully saturated rings. The molecule has 2 aromatic rings. The number of H-pyrrole nitrogens is 1. The minimum atomic E-state index is -0.560. The number of hydrogen-bond donors (Lipinski definition) is 1. The van der Waals surface area contributed by atoms with Gasteiger partial charge in [-0.1, -0.05) is 18.2 Å². The molecular formula is C13H9NO3. The quantitative estimate of drug-likeness (QED) is 0.460. The highest BCUT2D eigenvalue weighted by atomic mass is 16.5. The van der Waals surface area contributed by atoms with Crippen molar-refractivity contribution in [2.45, 2.75) is 12.5 Å². The molecule has 3 rings (SSSR count). The first-order valence-corrected chi connectivity index (χ1v) is 5.30. The van der Waals surface area contributed by atoms with Crippen LogP contribution in [0.3, 0.4) is 0 Å². The van der Waals surface area contributed by atoms with Gasteiger partial charge in [0.2, 0.25) is 0 Å². The lowest BCUT2D eigenvalue weighted by atomic mass is 10.0. The largest absolute Gasteiger partial charge is 0.453 e. The van der Waals surface area contributed by atoms with Gasteiger partial charge in [0.1, 0.15) is 17.6 Å². The van der Waals surface area contributed by atoms with E-state index in [1.165, 1.54) is 0 Å². The van der Waals surface area contributed by atoms with Crippen molar-refractivity contribution < 1.29 is 14.3 Å². The lowest BCUT2D eigenvalue weighted by molar-refractivity contribution is -0.138. The second kappa shape index (κ2) is 3.61. The average molecular weight is 227 g/mol. The standard InChI is InChI=1S/C13H9NO3/c15-7-8-5-12(17-13(8)16)10-6-14-11-4-2-1-3-9(10)11/h1-4,6,12,14H,5H2. The molecule has 4 nitrogen and oxygen atoms in total. The predicted molar refractivity (Wildman–Crippen MR) is 61.0 cm³/mol. The highest BCUT2D eigenvalue weighted by Crippen LogP contribution is 2.35. The Bertz CT molecular complexity index is 649. The minimum absolute atomic E-state index is 0.0836. The predicted octanol–water partition coefficient (Wildman–Crippen LogP) is 1.91. The molecule has 0 spiro atoms. The number of ether oxygens (including phenoxy) is 1. The van der Waals surface area contributed by atoms with E-state index < -0.39 is 5.97 Å². The van der Waals surface area contributed by atoms with Crippen LogP contribution in [0.4, 0.5) is 0 Å². The molecule has 4 heteroatoms. The maximum Gasteiger partial charge on any atom is 0.346 e. The molecule has 1 aliphatic rings. The highest BCUT2D eigenvalue weighted by Gasteiger charge is 2.32. The van der Waals surface area contributed by atoms with Crippen LogP contribution >= 0.6 is 0 Å². The number of aromatic amines is 1. The first-order chi connectivity index (χ1) is 8.29. The summed E-state index contributed by atoms with van der Waals surface area (Å²) in [6.45, 7) is 0. The summed E-state index contributed by atoms with van der Waals surface area (Å²) < 4.78 is 5.16. The van der Waals surface area contributed by atoms with Crippen LogP contribution in [-0.4, -0.2) is 16.9 Å². The fraction of sp³-hybridized carbons (Fsp3) is 0.154. The van der Waals surface area contributed by atoms with E-state index in [0.717, 1.165) is 16.5 Å². The van der Waals surface area contributed by atoms with Gasteiger partial charge in [-0.25, -0.2) is 9.59 Å². The Morgan fingerprint density at radius 1 is 1.35 bits per heavy atom. The normalized spacial score (nSPS) is 19.4. The van der Waals surface area contributed by atoms with Gasteiger partial charge in [-0.15, -0.1) is 0 Å². The van der Waals surface area contributed by atoms with Crippen molar-refractivity contribution in [3.8, 4) is 0 Å². The second-order valence-electron chi connectivity index (χ2n) is 3.97. The molecular weight excluding hydrogens is 218 g/mol. The number of nitrogens with one attached hydrogen (secondary N) is 1. The molecule has 0 saturated carbocycles. The summed E-state index contributed by atoms with van der Waals surface area (Å²) in [7, 11) is 0. The molecule has 1 unspecified atom stereocenters. The first kappa shape index (κ1) is 9.87. The van der Waals surface area contributed by atoms with Crippen LogP contribution in [0.2, 0.25) is 0 Å². The van der Waals surface area contributed by atoms with E-state index in [-0.39, 0.29) is 11.7 Å². The fourth-order valence-electron chi connectivity index (χ4n) is 2.13. The third kappa shape index (κ3) is 1.47. The van der Waals surface area contributed by atoms with Crippen molar-refractivity contribution in [2.24, 2.45) is 0 Å². The minimum Gasteiger partial charge on any atom is -0.453 e. The van der Waals surface area contributed by atoms with Gasteiger partial charge < -0.3 is 9.72 Å². The number of rotatable bonds is 1. The zero-order valence-corrected chi connectivity index (χ0v) is 8.90. The van der Waals surface area contributed by atoms with Crippen molar-refractivity contribution in [2.75, 3.05) is 0 Å². The van der Waals surface area contributed by atoms with Crippen LogP contribution < -0.4 is 0 Å². The molecule has 84 valence electrons. The number of para-hydroxylation sites is 1. The van der Waals surface area contributed by atoms with Gasteiger partial charge in [0.15, 0.2) is 0 Å². The highest BCUT2D eigenvalue weighted by molar-refractivity contribution is 5.99. The van der Waals surface area contributed by atoms with Crippen LogP contribution in [-0.2, 0) is 14.3 Å². The third-order valence-corrected chi connectivity index (χ3v) is 2.98. The lowest BCUT2D eigenvalue weighted by Gasteiger charge is -2.06. The number of carbonyl (C=O) groups excluding carboxylic acids is 2. The van der Waals surface area contributed by atoms with Crippen molar-refractivity contribution in [3.05, 3.63) is 41.6 Å². The van der Waals surface area contributed by atoms with Crippen molar-refractivity contribution in [3.63, 3.8) is 0 Å². The molecule has 0 aliphatic carbocycles. The fourth-order valence-corrected chi connectivity index (χ4v) is 2.13. The summed E-state index contributed by atoms with van der Waals surface area (Å²) in [6, 6.07) is 7.76. The Kier molecular flexibility index (Phi) is 2.10. The van der Waals surface area contributed by atoms with E-state index in [1.807, 2.05) is 30.5 Å². The van der Waals surface area contributed by atoms with E-state index in [4.69, 9.17) is 4.74 Å². The summed E-state index contributed by atoms with van der Waals surface area (Å²) in [5, 5.41) is 1.01. The zero-order chi connectivity index (χ0) is 11.8. The van der Waals surface area contributed by atoms with Gasteiger partial charge in [0.05, 0.1) is 0 Å². The number of benzene rings is 1. The van der Waals surface area contributed by atoms with Crippen molar-refractivity contribution >= 4 is 22.8 Å². The maximum atomic E-state index is 11.3. The number of fused-ring (bicyclic) bond motifs is 1. The molecule has 1 N–H and O–H groups in total. The average Bonchev–Trinajstić information content (AvgIpc) is 2.92. The summed E-state index contributed by atoms with van der Waals surface area (Å²) in [5.41, 5.74) is 1.97. The molecule has 0 bridgehead atoms. The number of hydrogen-bond acceptors (Lipinski definition) is 3. The van der Waals surface area contributed by atoms with Crippen LogP contribution in [0.15, 0.2) is 36.0 Å². The maximum absolute atomic E-state index is 11.3. The smallest absolute Gasteiger partial charge is 0.346 e. The summed E-state index contributed by atoms with van der Waals surface area (Å²) in [4.78, 5) is 25.0. The monoisotopic (exact) mass is 227 g/mol. The van der Waals surface area contributed by atoms with Gasteiger partial charge in [-0.2, -0.15) is 0 Å². The molecule has 1 aromatic heterocycles. The second-order valence-corrected chi connectivity index (χ2v) is 3.97.